The highest BCUT2D eigenvalue weighted by Crippen LogP contribution is 2.20. The van der Waals surface area contributed by atoms with E-state index in [4.69, 9.17) is 0 Å². The summed E-state index contributed by atoms with van der Waals surface area (Å²) in [6, 6.07) is 14.6. The molecular weight excluding hydrogens is 422 g/mol. The highest BCUT2D eigenvalue weighted by atomic mass is 35.5. The highest BCUT2D eigenvalue weighted by molar-refractivity contribution is 7.92. The fourth-order valence-corrected chi connectivity index (χ4v) is 3.66. The predicted octanol–water partition coefficient (Wildman–Crippen LogP) is 4.03. The second-order valence-electron chi connectivity index (χ2n) is 6.96. The molecule has 0 fully saturated rings. The van der Waals surface area contributed by atoms with Gasteiger partial charge in [-0.2, -0.15) is 0 Å². The number of likely N-dealkylation sites (N-methyl/N-ethyl adjacent to an activating group) is 1. The second kappa shape index (κ2) is 11.9. The van der Waals surface area contributed by atoms with Crippen LogP contribution in [0.4, 0.5) is 11.4 Å². The van der Waals surface area contributed by atoms with Gasteiger partial charge in [-0.05, 0) is 61.5 Å². The first-order valence-electron chi connectivity index (χ1n) is 9.98. The highest BCUT2D eigenvalue weighted by Gasteiger charge is 2.19. The van der Waals surface area contributed by atoms with Gasteiger partial charge in [0.1, 0.15) is 0 Å². The lowest BCUT2D eigenvalue weighted by Gasteiger charge is -2.27. The number of carbonyl (C=O) groups is 1. The maximum Gasteiger partial charge on any atom is 0.258 e. The predicted molar refractivity (Wildman–Crippen MR) is 127 cm³/mol. The van der Waals surface area contributed by atoms with Crippen LogP contribution in [-0.4, -0.2) is 51.7 Å². The zero-order valence-electron chi connectivity index (χ0n) is 18.1. The largest absolute Gasteiger partial charge is 0.307 e. The molecule has 0 radical (unpaired) electrons. The van der Waals surface area contributed by atoms with Crippen LogP contribution in [0, 0.1) is 0 Å². The minimum Gasteiger partial charge on any atom is -0.307 e. The van der Waals surface area contributed by atoms with E-state index in [1.807, 2.05) is 24.3 Å². The van der Waals surface area contributed by atoms with Crippen LogP contribution in [0.15, 0.2) is 48.5 Å². The number of rotatable bonds is 10. The van der Waals surface area contributed by atoms with Crippen molar-refractivity contribution in [2.75, 3.05) is 42.1 Å². The van der Waals surface area contributed by atoms with E-state index in [1.165, 1.54) is 5.56 Å². The van der Waals surface area contributed by atoms with Gasteiger partial charge in [0, 0.05) is 30.0 Å². The lowest BCUT2D eigenvalue weighted by atomic mass is 10.1. The van der Waals surface area contributed by atoms with Gasteiger partial charge in [-0.25, -0.2) is 8.42 Å². The van der Waals surface area contributed by atoms with Gasteiger partial charge in [-0.3, -0.25) is 9.52 Å². The molecule has 8 heteroatoms. The zero-order chi connectivity index (χ0) is 21.4. The number of amides is 1. The standard InChI is InChI=1S/C22H31N3O3S.ClH/c1-5-18-8-14-21(15-9-18)25(17-16-24(6-2)7-3)22(26)19-10-12-20(13-11-19)23-29(4,27)28;/h8-15,23H,5-7,16-17H2,1-4H3;1H. The Morgan fingerprint density at radius 1 is 0.900 bits per heavy atom. The second-order valence-corrected chi connectivity index (χ2v) is 8.70. The average Bonchev–Trinajstić information content (AvgIpc) is 2.70. The molecule has 0 saturated carbocycles. The first-order chi connectivity index (χ1) is 13.8. The molecular formula is C22H32ClN3O3S. The first kappa shape index (κ1) is 25.9. The summed E-state index contributed by atoms with van der Waals surface area (Å²) >= 11 is 0. The molecule has 0 atom stereocenters. The summed E-state index contributed by atoms with van der Waals surface area (Å²) in [5.74, 6) is -0.104. The van der Waals surface area contributed by atoms with Gasteiger partial charge in [-0.15, -0.1) is 12.4 Å². The van der Waals surface area contributed by atoms with Crippen LogP contribution < -0.4 is 9.62 Å². The smallest absolute Gasteiger partial charge is 0.258 e. The zero-order valence-corrected chi connectivity index (χ0v) is 19.7. The van der Waals surface area contributed by atoms with Gasteiger partial charge in [-0.1, -0.05) is 32.9 Å². The third-order valence-corrected chi connectivity index (χ3v) is 5.48. The molecule has 0 bridgehead atoms. The topological polar surface area (TPSA) is 69.7 Å². The molecule has 0 aliphatic rings. The van der Waals surface area contributed by atoms with E-state index >= 15 is 0 Å². The number of halogens is 1. The van der Waals surface area contributed by atoms with Crippen molar-refractivity contribution in [3.63, 3.8) is 0 Å². The quantitative estimate of drug-likeness (QED) is 0.589. The summed E-state index contributed by atoms with van der Waals surface area (Å²) < 4.78 is 25.2. The van der Waals surface area contributed by atoms with E-state index in [2.05, 4.69) is 30.4 Å². The van der Waals surface area contributed by atoms with Crippen molar-refractivity contribution < 1.29 is 13.2 Å². The van der Waals surface area contributed by atoms with E-state index in [-0.39, 0.29) is 18.3 Å². The Hall–Kier alpha value is -2.09. The van der Waals surface area contributed by atoms with Crippen molar-refractivity contribution in [3.05, 3.63) is 59.7 Å². The SMILES string of the molecule is CCc1ccc(N(CCN(CC)CC)C(=O)c2ccc(NS(C)(=O)=O)cc2)cc1.Cl. The maximum absolute atomic E-state index is 13.3. The number of sulfonamides is 1. The molecule has 0 aliphatic carbocycles. The van der Waals surface area contributed by atoms with Crippen LogP contribution in [0.25, 0.3) is 0 Å². The van der Waals surface area contributed by atoms with Crippen LogP contribution in [0.5, 0.6) is 0 Å². The van der Waals surface area contributed by atoms with Gasteiger partial charge >= 0.3 is 0 Å². The third kappa shape index (κ3) is 7.63. The lowest BCUT2D eigenvalue weighted by Crippen LogP contribution is -2.38. The number of anilines is 2. The molecule has 0 aromatic heterocycles. The number of hydrogen-bond donors (Lipinski definition) is 1. The molecule has 0 saturated heterocycles. The van der Waals surface area contributed by atoms with Crippen LogP contribution in [0.3, 0.4) is 0 Å². The van der Waals surface area contributed by atoms with Crippen molar-refractivity contribution in [1.29, 1.82) is 0 Å². The molecule has 0 aliphatic heterocycles. The Morgan fingerprint density at radius 3 is 1.93 bits per heavy atom. The van der Waals surface area contributed by atoms with Crippen LogP contribution in [0.1, 0.15) is 36.7 Å². The Labute approximate surface area is 186 Å². The van der Waals surface area contributed by atoms with E-state index in [9.17, 15) is 13.2 Å². The fourth-order valence-electron chi connectivity index (χ4n) is 3.09. The van der Waals surface area contributed by atoms with Crippen molar-refractivity contribution in [3.8, 4) is 0 Å². The maximum atomic E-state index is 13.3. The molecule has 30 heavy (non-hydrogen) atoms. The molecule has 0 unspecified atom stereocenters. The summed E-state index contributed by atoms with van der Waals surface area (Å²) in [6.07, 6.45) is 2.05. The first-order valence-corrected chi connectivity index (χ1v) is 11.9. The van der Waals surface area contributed by atoms with Crippen molar-refractivity contribution in [2.45, 2.75) is 27.2 Å². The van der Waals surface area contributed by atoms with Gasteiger partial charge in [0.05, 0.1) is 6.26 Å². The summed E-state index contributed by atoms with van der Waals surface area (Å²) in [5.41, 5.74) is 3.04. The molecule has 166 valence electrons. The minimum atomic E-state index is -3.35. The van der Waals surface area contributed by atoms with Crippen molar-refractivity contribution >= 4 is 39.7 Å². The van der Waals surface area contributed by atoms with E-state index < -0.39 is 10.0 Å². The summed E-state index contributed by atoms with van der Waals surface area (Å²) in [7, 11) is -3.35. The number of nitrogens with one attached hydrogen (secondary N) is 1. The molecule has 6 nitrogen and oxygen atoms in total. The Bertz CT molecular complexity index is 896. The third-order valence-electron chi connectivity index (χ3n) is 4.87. The van der Waals surface area contributed by atoms with Gasteiger partial charge in [0.2, 0.25) is 10.0 Å². The Morgan fingerprint density at radius 2 is 1.47 bits per heavy atom. The molecule has 2 rings (SSSR count). The van der Waals surface area contributed by atoms with Crippen LogP contribution in [0.2, 0.25) is 0 Å². The number of carbonyl (C=O) groups excluding carboxylic acids is 1. The molecule has 0 spiro atoms. The van der Waals surface area contributed by atoms with E-state index in [1.54, 1.807) is 29.2 Å². The molecule has 2 aromatic rings. The van der Waals surface area contributed by atoms with Crippen LogP contribution >= 0.6 is 12.4 Å². The molecule has 2 aromatic carbocycles. The lowest BCUT2D eigenvalue weighted by molar-refractivity contribution is 0.0984. The number of benzene rings is 2. The number of hydrogen-bond acceptors (Lipinski definition) is 4. The van der Waals surface area contributed by atoms with Gasteiger partial charge < -0.3 is 9.80 Å². The van der Waals surface area contributed by atoms with E-state index in [0.29, 0.717) is 17.8 Å². The van der Waals surface area contributed by atoms with E-state index in [0.717, 1.165) is 38.0 Å². The molecule has 0 heterocycles. The van der Waals surface area contributed by atoms with Crippen molar-refractivity contribution in [1.82, 2.24) is 4.90 Å². The molecule has 1 N–H and O–H groups in total. The summed E-state index contributed by atoms with van der Waals surface area (Å²) in [5, 5.41) is 0. The number of nitrogens with zero attached hydrogens (tertiary/aromatic N) is 2. The Kier molecular flexibility index (Phi) is 10.3. The fraction of sp³-hybridized carbons (Fsp3) is 0.409. The normalized spacial score (nSPS) is 11.1. The van der Waals surface area contributed by atoms with Gasteiger partial charge in [0.25, 0.3) is 5.91 Å². The number of aryl methyl sites for hydroxylation is 1. The Balaban J connectivity index is 0.00000450. The average molecular weight is 454 g/mol. The summed E-state index contributed by atoms with van der Waals surface area (Å²) in [4.78, 5) is 17.3. The summed E-state index contributed by atoms with van der Waals surface area (Å²) in [6.45, 7) is 9.54. The minimum absolute atomic E-state index is 0. The van der Waals surface area contributed by atoms with Crippen molar-refractivity contribution in [2.24, 2.45) is 0 Å². The molecule has 1 amide bonds. The van der Waals surface area contributed by atoms with Crippen LogP contribution in [-0.2, 0) is 16.4 Å². The van der Waals surface area contributed by atoms with Gasteiger partial charge in [0.15, 0.2) is 0 Å². The monoisotopic (exact) mass is 453 g/mol.